The first-order valence-electron chi connectivity index (χ1n) is 5.39. The summed E-state index contributed by atoms with van der Waals surface area (Å²) in [5.41, 5.74) is 1.58. The van der Waals surface area contributed by atoms with E-state index in [2.05, 4.69) is 10.2 Å². The van der Waals surface area contributed by atoms with Gasteiger partial charge in [0, 0.05) is 11.9 Å². The highest BCUT2D eigenvalue weighted by Gasteiger charge is 2.12. The molecule has 0 bridgehead atoms. The molecular weight excluding hydrogens is 218 g/mol. The number of carbonyl (C=O) groups is 1. The summed E-state index contributed by atoms with van der Waals surface area (Å²) in [4.78, 5) is 12.6. The summed E-state index contributed by atoms with van der Waals surface area (Å²) in [6, 6.07) is 7.57. The van der Waals surface area contributed by atoms with Gasteiger partial charge in [-0.2, -0.15) is 10.2 Å². The zero-order valence-electron chi connectivity index (χ0n) is 9.50. The summed E-state index contributed by atoms with van der Waals surface area (Å²) in [5.74, 6) is -0.854. The number of hydrogen-bond donors (Lipinski definition) is 1. The van der Waals surface area contributed by atoms with Gasteiger partial charge in [0.25, 0.3) is 0 Å². The second-order valence-corrected chi connectivity index (χ2v) is 3.65. The third-order valence-electron chi connectivity index (χ3n) is 2.57. The van der Waals surface area contributed by atoms with Crippen molar-refractivity contribution < 1.29 is 9.90 Å². The molecule has 0 aliphatic rings. The molecule has 5 heteroatoms. The van der Waals surface area contributed by atoms with Crippen LogP contribution in [0.15, 0.2) is 30.5 Å². The number of hydrogen-bond acceptors (Lipinski definition) is 4. The molecule has 0 fully saturated rings. The molecule has 2 aromatic rings. The van der Waals surface area contributed by atoms with E-state index in [1.807, 2.05) is 31.2 Å². The van der Waals surface area contributed by atoms with Gasteiger partial charge in [-0.05, 0) is 13.0 Å². The normalized spacial score (nSPS) is 10.4. The van der Waals surface area contributed by atoms with Gasteiger partial charge < -0.3 is 10.0 Å². The minimum absolute atomic E-state index is 0.0355. The SMILES string of the molecule is CCN(CC(=O)O)c1cnnc2ccccc12. The molecule has 17 heavy (non-hydrogen) atoms. The van der Waals surface area contributed by atoms with Crippen LogP contribution in [0.25, 0.3) is 10.9 Å². The zero-order chi connectivity index (χ0) is 12.3. The number of rotatable bonds is 4. The predicted molar refractivity (Wildman–Crippen MR) is 65.1 cm³/mol. The maximum atomic E-state index is 10.8. The van der Waals surface area contributed by atoms with Crippen molar-refractivity contribution in [2.24, 2.45) is 0 Å². The van der Waals surface area contributed by atoms with E-state index in [0.29, 0.717) is 6.54 Å². The van der Waals surface area contributed by atoms with E-state index in [4.69, 9.17) is 5.11 Å². The molecular formula is C12H13N3O2. The Morgan fingerprint density at radius 3 is 2.88 bits per heavy atom. The van der Waals surface area contributed by atoms with Crippen molar-refractivity contribution in [3.8, 4) is 0 Å². The molecule has 0 unspecified atom stereocenters. The molecule has 1 N–H and O–H groups in total. The van der Waals surface area contributed by atoms with Crippen molar-refractivity contribution in [1.82, 2.24) is 10.2 Å². The van der Waals surface area contributed by atoms with Crippen LogP contribution in [0.2, 0.25) is 0 Å². The molecule has 0 radical (unpaired) electrons. The monoisotopic (exact) mass is 231 g/mol. The topological polar surface area (TPSA) is 66.3 Å². The average Bonchev–Trinajstić information content (AvgIpc) is 2.35. The maximum Gasteiger partial charge on any atom is 0.323 e. The molecule has 0 saturated heterocycles. The predicted octanol–water partition coefficient (Wildman–Crippen LogP) is 1.54. The van der Waals surface area contributed by atoms with Crippen LogP contribution in [0.4, 0.5) is 5.69 Å². The number of fused-ring (bicyclic) bond motifs is 1. The molecule has 88 valence electrons. The number of nitrogens with zero attached hydrogens (tertiary/aromatic N) is 3. The summed E-state index contributed by atoms with van der Waals surface area (Å²) in [5, 5.41) is 17.7. The number of likely N-dealkylation sites (N-methyl/N-ethyl adjacent to an activating group) is 1. The fourth-order valence-corrected chi connectivity index (χ4v) is 1.78. The van der Waals surface area contributed by atoms with E-state index in [-0.39, 0.29) is 6.54 Å². The minimum atomic E-state index is -0.854. The van der Waals surface area contributed by atoms with Gasteiger partial charge in [0.05, 0.1) is 17.4 Å². The Balaban J connectivity index is 2.49. The molecule has 0 atom stereocenters. The molecule has 2 rings (SSSR count). The van der Waals surface area contributed by atoms with Crippen LogP contribution in [0.5, 0.6) is 0 Å². The fourth-order valence-electron chi connectivity index (χ4n) is 1.78. The summed E-state index contributed by atoms with van der Waals surface area (Å²) in [7, 11) is 0. The lowest BCUT2D eigenvalue weighted by Crippen LogP contribution is -2.29. The van der Waals surface area contributed by atoms with Gasteiger partial charge >= 0.3 is 5.97 Å². The Bertz CT molecular complexity index is 537. The van der Waals surface area contributed by atoms with Gasteiger partial charge in [0.2, 0.25) is 0 Å². The van der Waals surface area contributed by atoms with Crippen molar-refractivity contribution in [3.05, 3.63) is 30.5 Å². The van der Waals surface area contributed by atoms with Crippen LogP contribution >= 0.6 is 0 Å². The van der Waals surface area contributed by atoms with Crippen LogP contribution < -0.4 is 4.90 Å². The molecule has 0 aliphatic carbocycles. The molecule has 0 aliphatic heterocycles. The van der Waals surface area contributed by atoms with Gasteiger partial charge in [-0.3, -0.25) is 4.79 Å². The number of benzene rings is 1. The quantitative estimate of drug-likeness (QED) is 0.864. The first-order valence-corrected chi connectivity index (χ1v) is 5.39. The molecule has 5 nitrogen and oxygen atoms in total. The van der Waals surface area contributed by atoms with Gasteiger partial charge in [0.1, 0.15) is 6.54 Å². The van der Waals surface area contributed by atoms with Gasteiger partial charge in [-0.25, -0.2) is 0 Å². The number of aromatic nitrogens is 2. The standard InChI is InChI=1S/C12H13N3O2/c1-2-15(8-12(16)17)11-7-13-14-10-6-4-3-5-9(10)11/h3-7H,2,8H2,1H3,(H,16,17). The van der Waals surface area contributed by atoms with E-state index in [0.717, 1.165) is 16.6 Å². The van der Waals surface area contributed by atoms with E-state index in [1.54, 1.807) is 11.1 Å². The Hall–Kier alpha value is -2.17. The van der Waals surface area contributed by atoms with E-state index >= 15 is 0 Å². The molecule has 0 spiro atoms. The second-order valence-electron chi connectivity index (χ2n) is 3.65. The highest BCUT2D eigenvalue weighted by atomic mass is 16.4. The highest BCUT2D eigenvalue weighted by Crippen LogP contribution is 2.23. The van der Waals surface area contributed by atoms with Crippen molar-refractivity contribution in [1.29, 1.82) is 0 Å². The summed E-state index contributed by atoms with van der Waals surface area (Å²) in [6.07, 6.45) is 1.61. The van der Waals surface area contributed by atoms with Gasteiger partial charge in [-0.1, -0.05) is 18.2 Å². The van der Waals surface area contributed by atoms with Crippen molar-refractivity contribution >= 4 is 22.6 Å². The lowest BCUT2D eigenvalue weighted by molar-refractivity contribution is -0.135. The van der Waals surface area contributed by atoms with Crippen LogP contribution in [0.1, 0.15) is 6.92 Å². The summed E-state index contributed by atoms with van der Waals surface area (Å²) >= 11 is 0. The Labute approximate surface area is 98.7 Å². The van der Waals surface area contributed by atoms with Crippen molar-refractivity contribution in [3.63, 3.8) is 0 Å². The number of carboxylic acids is 1. The Morgan fingerprint density at radius 1 is 1.41 bits per heavy atom. The average molecular weight is 231 g/mol. The highest BCUT2D eigenvalue weighted by molar-refractivity contribution is 5.92. The first-order chi connectivity index (χ1) is 8.22. The van der Waals surface area contributed by atoms with E-state index in [1.165, 1.54) is 0 Å². The second kappa shape index (κ2) is 4.78. The molecule has 0 amide bonds. The largest absolute Gasteiger partial charge is 0.480 e. The Kier molecular flexibility index (Phi) is 3.18. The molecule has 1 heterocycles. The molecule has 1 aromatic heterocycles. The summed E-state index contributed by atoms with van der Waals surface area (Å²) in [6.45, 7) is 2.49. The first kappa shape index (κ1) is 11.3. The van der Waals surface area contributed by atoms with Crippen LogP contribution in [-0.2, 0) is 4.79 Å². The zero-order valence-corrected chi connectivity index (χ0v) is 9.50. The van der Waals surface area contributed by atoms with E-state index < -0.39 is 5.97 Å². The number of carboxylic acid groups (broad SMARTS) is 1. The van der Waals surface area contributed by atoms with E-state index in [9.17, 15) is 4.79 Å². The fraction of sp³-hybridized carbons (Fsp3) is 0.250. The molecule has 0 saturated carbocycles. The molecule has 1 aromatic carbocycles. The lowest BCUT2D eigenvalue weighted by atomic mass is 10.2. The number of anilines is 1. The third-order valence-corrected chi connectivity index (χ3v) is 2.57. The smallest absolute Gasteiger partial charge is 0.323 e. The van der Waals surface area contributed by atoms with Crippen LogP contribution in [0.3, 0.4) is 0 Å². The van der Waals surface area contributed by atoms with Gasteiger partial charge in [-0.15, -0.1) is 0 Å². The van der Waals surface area contributed by atoms with Gasteiger partial charge in [0.15, 0.2) is 0 Å². The maximum absolute atomic E-state index is 10.8. The minimum Gasteiger partial charge on any atom is -0.480 e. The van der Waals surface area contributed by atoms with Crippen LogP contribution in [0, 0.1) is 0 Å². The number of aliphatic carboxylic acids is 1. The Morgan fingerprint density at radius 2 is 2.18 bits per heavy atom. The lowest BCUT2D eigenvalue weighted by Gasteiger charge is -2.21. The third kappa shape index (κ3) is 2.33. The van der Waals surface area contributed by atoms with Crippen molar-refractivity contribution in [2.45, 2.75) is 6.92 Å². The van der Waals surface area contributed by atoms with Crippen LogP contribution in [-0.4, -0.2) is 34.4 Å². The van der Waals surface area contributed by atoms with Crippen molar-refractivity contribution in [2.75, 3.05) is 18.0 Å². The summed E-state index contributed by atoms with van der Waals surface area (Å²) < 4.78 is 0.